The molecule has 60 heavy (non-hydrogen) atoms. The Morgan fingerprint density at radius 1 is 0.617 bits per heavy atom. The summed E-state index contributed by atoms with van der Waals surface area (Å²) in [7, 11) is 1.33. The second kappa shape index (κ2) is 38.5. The molecule has 0 aliphatic rings. The zero-order chi connectivity index (χ0) is 44.6. The number of allylic oxidation sites excluding steroid dienone is 14. The molecule has 3 N–H and O–H groups in total. The smallest absolute Gasteiger partial charge is 0.462 e. The third-order valence-electron chi connectivity index (χ3n) is 8.47. The number of phosphoric acid groups is 1. The van der Waals surface area contributed by atoms with Crippen LogP contribution in [0.1, 0.15) is 117 Å². The highest BCUT2D eigenvalue weighted by atomic mass is 31.2. The largest absolute Gasteiger partial charge is 0.472 e. The lowest BCUT2D eigenvalue weighted by molar-refractivity contribution is -0.870. The standard InChI is InChI=1S/C48H78NO10P/c1-6-8-10-11-12-13-14-15-16-17-18-19-20-25-33-39-48(53)59-46(43-58-60(54,55)57-41-40-49(3,4)5)42-56-47(52)38-32-24-22-21-23-29-35-45(51)37-31-27-26-30-36-44(50)34-28-9-7-2/h9,12-13,15-16,18-19,22-24,26-31,36-37,44-46,50-51H,6-8,10-11,14,17,20-21,25,32-35,38-43H2,1-5H3/p+1/b13-12-,16-15-,19-18-,24-22-,27-26-,28-9-,29-23-,36-30+,37-31+/t44-,45+,46-/m1/s1. The van der Waals surface area contributed by atoms with E-state index >= 15 is 0 Å². The molecule has 0 aromatic carbocycles. The number of phosphoric ester groups is 1. The van der Waals surface area contributed by atoms with Gasteiger partial charge in [-0.25, -0.2) is 4.57 Å². The molecular formula is C48H79NO10P+. The summed E-state index contributed by atoms with van der Waals surface area (Å²) in [6, 6.07) is 0. The van der Waals surface area contributed by atoms with Crippen molar-refractivity contribution < 1.29 is 52.3 Å². The van der Waals surface area contributed by atoms with Gasteiger partial charge in [-0.3, -0.25) is 18.6 Å². The van der Waals surface area contributed by atoms with Crippen LogP contribution in [0, 0.1) is 0 Å². The topological polar surface area (TPSA) is 149 Å². The number of likely N-dealkylation sites (N-methyl/N-ethyl adjacent to an activating group) is 1. The summed E-state index contributed by atoms with van der Waals surface area (Å²) in [5.41, 5.74) is 0. The molecule has 0 spiro atoms. The zero-order valence-electron chi connectivity index (χ0n) is 37.4. The second-order valence-corrected chi connectivity index (χ2v) is 16.8. The fraction of sp³-hybridized carbons (Fsp3) is 0.583. The van der Waals surface area contributed by atoms with E-state index in [2.05, 4.69) is 43.4 Å². The molecule has 11 nitrogen and oxygen atoms in total. The van der Waals surface area contributed by atoms with Gasteiger partial charge in [0, 0.05) is 12.8 Å². The molecule has 1 unspecified atom stereocenters. The lowest BCUT2D eigenvalue weighted by Gasteiger charge is -2.24. The predicted molar refractivity (Wildman–Crippen MR) is 245 cm³/mol. The van der Waals surface area contributed by atoms with Crippen LogP contribution in [0.3, 0.4) is 0 Å². The highest BCUT2D eigenvalue weighted by Crippen LogP contribution is 2.43. The molecule has 0 radical (unpaired) electrons. The van der Waals surface area contributed by atoms with E-state index in [4.69, 9.17) is 18.5 Å². The van der Waals surface area contributed by atoms with Gasteiger partial charge in [-0.05, 0) is 77.0 Å². The molecule has 0 bridgehead atoms. The number of quaternary nitrogens is 1. The van der Waals surface area contributed by atoms with Crippen molar-refractivity contribution in [3.05, 3.63) is 109 Å². The maximum absolute atomic E-state index is 12.7. The number of esters is 2. The van der Waals surface area contributed by atoms with E-state index in [9.17, 15) is 29.3 Å². The van der Waals surface area contributed by atoms with Gasteiger partial charge < -0.3 is 29.1 Å². The van der Waals surface area contributed by atoms with Gasteiger partial charge in [0.15, 0.2) is 6.10 Å². The number of ether oxygens (including phenoxy) is 2. The quantitative estimate of drug-likeness (QED) is 0.0138. The number of aliphatic hydroxyl groups excluding tert-OH is 2. The van der Waals surface area contributed by atoms with Crippen LogP contribution >= 0.6 is 7.82 Å². The van der Waals surface area contributed by atoms with E-state index in [-0.39, 0.29) is 26.1 Å². The van der Waals surface area contributed by atoms with Crippen molar-refractivity contribution in [2.75, 3.05) is 47.5 Å². The molecule has 0 saturated heterocycles. The molecule has 0 aliphatic heterocycles. The SMILES string of the molecule is CC/C=C\C[C@@H](O)/C=C/C=C\C=C\[C@@H](O)C/C=C\C/C=C\CCC(=O)OC[C@H](COP(=O)(O)OCC[N+](C)(C)C)OC(=O)CCCC/C=C\C/C=C\C/C=C\CCCCC. The maximum Gasteiger partial charge on any atom is 0.472 e. The number of carbonyl (C=O) groups excluding carboxylic acids is 2. The molecule has 0 heterocycles. The molecule has 0 fully saturated rings. The molecule has 0 saturated carbocycles. The molecule has 12 heteroatoms. The van der Waals surface area contributed by atoms with Gasteiger partial charge in [0.25, 0.3) is 0 Å². The Morgan fingerprint density at radius 2 is 1.15 bits per heavy atom. The first-order valence-electron chi connectivity index (χ1n) is 21.8. The van der Waals surface area contributed by atoms with Crippen LogP contribution in [0.5, 0.6) is 0 Å². The Morgan fingerprint density at radius 3 is 1.72 bits per heavy atom. The van der Waals surface area contributed by atoms with E-state index in [1.165, 1.54) is 19.3 Å². The van der Waals surface area contributed by atoms with E-state index < -0.39 is 44.7 Å². The minimum Gasteiger partial charge on any atom is -0.462 e. The number of unbranched alkanes of at least 4 members (excludes halogenated alkanes) is 5. The molecule has 0 amide bonds. The number of nitrogens with zero attached hydrogens (tertiary/aromatic N) is 1. The van der Waals surface area contributed by atoms with Crippen molar-refractivity contribution in [2.45, 2.75) is 135 Å². The van der Waals surface area contributed by atoms with Gasteiger partial charge >= 0.3 is 19.8 Å². The molecule has 0 rings (SSSR count). The van der Waals surface area contributed by atoms with E-state index in [0.29, 0.717) is 43.1 Å². The fourth-order valence-electron chi connectivity index (χ4n) is 4.98. The summed E-state index contributed by atoms with van der Waals surface area (Å²) in [5, 5.41) is 20.0. The van der Waals surface area contributed by atoms with Crippen LogP contribution in [0.25, 0.3) is 0 Å². The Balaban J connectivity index is 4.68. The number of carbonyl (C=O) groups is 2. The highest BCUT2D eigenvalue weighted by molar-refractivity contribution is 7.47. The number of hydrogen-bond donors (Lipinski definition) is 3. The normalized spacial score (nSPS) is 15.7. The zero-order valence-corrected chi connectivity index (χ0v) is 38.3. The summed E-state index contributed by atoms with van der Waals surface area (Å²) < 4.78 is 34.1. The predicted octanol–water partition coefficient (Wildman–Crippen LogP) is 10.3. The first-order valence-corrected chi connectivity index (χ1v) is 23.3. The molecule has 0 aliphatic carbocycles. The van der Waals surface area contributed by atoms with Gasteiger partial charge in [0.1, 0.15) is 19.8 Å². The average Bonchev–Trinajstić information content (AvgIpc) is 3.19. The summed E-state index contributed by atoms with van der Waals surface area (Å²) in [5.74, 6) is -1.02. The molecule has 340 valence electrons. The van der Waals surface area contributed by atoms with Gasteiger partial charge in [-0.15, -0.1) is 0 Å². The van der Waals surface area contributed by atoms with Gasteiger partial charge in [-0.2, -0.15) is 0 Å². The van der Waals surface area contributed by atoms with E-state index in [1.54, 1.807) is 36.5 Å². The van der Waals surface area contributed by atoms with Crippen LogP contribution in [-0.2, 0) is 32.7 Å². The van der Waals surface area contributed by atoms with Crippen molar-refractivity contribution >= 4 is 19.8 Å². The third-order valence-corrected chi connectivity index (χ3v) is 9.45. The van der Waals surface area contributed by atoms with Crippen LogP contribution in [0.15, 0.2) is 109 Å². The van der Waals surface area contributed by atoms with E-state index in [1.807, 2.05) is 64.5 Å². The van der Waals surface area contributed by atoms with E-state index in [0.717, 1.165) is 38.5 Å². The van der Waals surface area contributed by atoms with Gasteiger partial charge in [-0.1, -0.05) is 136 Å². The summed E-state index contributed by atoms with van der Waals surface area (Å²) in [6.07, 6.45) is 45.1. The Kier molecular flexibility index (Phi) is 36.3. The first kappa shape index (κ1) is 56.6. The number of rotatable bonds is 37. The Hall–Kier alpha value is -3.41. The molecular weight excluding hydrogens is 781 g/mol. The van der Waals surface area contributed by atoms with Crippen molar-refractivity contribution in [2.24, 2.45) is 0 Å². The van der Waals surface area contributed by atoms with Crippen LogP contribution in [0.4, 0.5) is 0 Å². The van der Waals surface area contributed by atoms with Crippen molar-refractivity contribution in [1.29, 1.82) is 0 Å². The van der Waals surface area contributed by atoms with Crippen molar-refractivity contribution in [3.63, 3.8) is 0 Å². The highest BCUT2D eigenvalue weighted by Gasteiger charge is 2.27. The van der Waals surface area contributed by atoms with Crippen LogP contribution in [-0.4, -0.2) is 97.3 Å². The van der Waals surface area contributed by atoms with Gasteiger partial charge in [0.05, 0.1) is 40.0 Å². The van der Waals surface area contributed by atoms with Crippen molar-refractivity contribution in [1.82, 2.24) is 0 Å². The number of aliphatic hydroxyl groups is 2. The van der Waals surface area contributed by atoms with Crippen LogP contribution < -0.4 is 0 Å². The number of hydrogen-bond acceptors (Lipinski definition) is 9. The summed E-state index contributed by atoms with van der Waals surface area (Å²) in [6.45, 7) is 3.91. The molecule has 0 aromatic heterocycles. The lowest BCUT2D eigenvalue weighted by atomic mass is 10.1. The minimum atomic E-state index is -4.43. The summed E-state index contributed by atoms with van der Waals surface area (Å²) in [4.78, 5) is 35.3. The summed E-state index contributed by atoms with van der Waals surface area (Å²) >= 11 is 0. The first-order chi connectivity index (χ1) is 28.8. The Labute approximate surface area is 362 Å². The minimum absolute atomic E-state index is 0.0117. The lowest BCUT2D eigenvalue weighted by Crippen LogP contribution is -2.37. The molecule has 4 atom stereocenters. The second-order valence-electron chi connectivity index (χ2n) is 15.4. The molecule has 0 aromatic rings. The van der Waals surface area contributed by atoms with Crippen LogP contribution in [0.2, 0.25) is 0 Å². The fourth-order valence-corrected chi connectivity index (χ4v) is 5.72. The van der Waals surface area contributed by atoms with Gasteiger partial charge in [0.2, 0.25) is 0 Å². The Bertz CT molecular complexity index is 1420. The average molecular weight is 861 g/mol. The third kappa shape index (κ3) is 41.3. The maximum atomic E-state index is 12.7. The monoisotopic (exact) mass is 861 g/mol. The van der Waals surface area contributed by atoms with Crippen molar-refractivity contribution in [3.8, 4) is 0 Å².